The number of rotatable bonds is 4. The van der Waals surface area contributed by atoms with E-state index < -0.39 is 218 Å². The maximum atomic E-state index is 16.3. The highest BCUT2D eigenvalue weighted by Gasteiger charge is 2.43. The van der Waals surface area contributed by atoms with Crippen molar-refractivity contribution in [3.8, 4) is 11.1 Å². The molecule has 5 aromatic carbocycles. The molecule has 0 fully saturated rings. The monoisotopic (exact) mass is 1120 g/mol. The molecule has 5 nitrogen and oxygen atoms in total. The molecule has 6 heterocycles. The molecular weight excluding hydrogens is 1100 g/mol. The van der Waals surface area contributed by atoms with Gasteiger partial charge < -0.3 is 15.3 Å². The number of aromatic nitrogens is 2. The Morgan fingerprint density at radius 2 is 0.722 bits per heavy atom. The van der Waals surface area contributed by atoms with E-state index >= 15 is 70.2 Å². The molecule has 79 heavy (non-hydrogen) atoms. The van der Waals surface area contributed by atoms with E-state index in [0.717, 1.165) is 18.2 Å². The van der Waals surface area contributed by atoms with Crippen LogP contribution in [0.5, 0.6) is 0 Å². The van der Waals surface area contributed by atoms with Gasteiger partial charge in [0.2, 0.25) is 23.3 Å². The fraction of sp³-hybridized carbons (Fsp3) is 0.0370. The van der Waals surface area contributed by atoms with Crippen LogP contribution in [0.2, 0.25) is 0 Å². The Morgan fingerprint density at radius 3 is 1.15 bits per heavy atom. The average molecular weight is 1120 g/mol. The van der Waals surface area contributed by atoms with Gasteiger partial charge in [-0.15, -0.1) is 0 Å². The third kappa shape index (κ3) is 7.05. The van der Waals surface area contributed by atoms with Gasteiger partial charge in [0.05, 0.1) is 51.1 Å². The van der Waals surface area contributed by atoms with E-state index in [1.165, 1.54) is 30.3 Å². The SMILES string of the molecule is Fc1c(F)c(F)c(/C2=C3\C=CC(=N3)/C(c3c(F)c(F)c(F)c(F)c3F)=c3/cc/c([nH]3)=C(\c3c(F)c(F)c(F)c(F)c3F)C3=N/C(=C(/c4c(F)c(F)c(F)c(F)c4F)c4cc5c([nH]4)C4NC2=CC4c2ccccc2-5)C=C3)c(F)c1F. The number of nitrogens with zero attached hydrogens (tertiary/aromatic N) is 2. The number of aromatic amines is 2. The zero-order valence-electron chi connectivity index (χ0n) is 38.0. The summed E-state index contributed by atoms with van der Waals surface area (Å²) in [4.78, 5) is 13.4. The fourth-order valence-electron chi connectivity index (χ4n) is 10.2. The Hall–Kier alpha value is -9.16. The fourth-order valence-corrected chi connectivity index (χ4v) is 10.2. The largest absolute Gasteiger partial charge is 0.375 e. The molecule has 398 valence electrons. The lowest BCUT2D eigenvalue weighted by Gasteiger charge is -2.28. The first-order valence-corrected chi connectivity index (χ1v) is 22.4. The third-order valence-electron chi connectivity index (χ3n) is 13.7. The van der Waals surface area contributed by atoms with E-state index in [2.05, 4.69) is 25.3 Å². The molecule has 0 radical (unpaired) electrons. The normalized spacial score (nSPS) is 20.4. The molecule has 25 heteroatoms. The highest BCUT2D eigenvalue weighted by atomic mass is 19.2. The molecule has 2 atom stereocenters. The molecule has 2 unspecified atom stereocenters. The van der Waals surface area contributed by atoms with Gasteiger partial charge in [0.25, 0.3) is 0 Å². The van der Waals surface area contributed by atoms with Crippen molar-refractivity contribution in [2.45, 2.75) is 12.0 Å². The van der Waals surface area contributed by atoms with E-state index in [1.807, 2.05) is 0 Å². The number of aliphatic imine (C=N–C) groups is 2. The van der Waals surface area contributed by atoms with Crippen molar-refractivity contribution < 1.29 is 87.8 Å². The van der Waals surface area contributed by atoms with Gasteiger partial charge in [-0.2, -0.15) is 0 Å². The first-order valence-electron chi connectivity index (χ1n) is 22.4. The summed E-state index contributed by atoms with van der Waals surface area (Å²) in [6.45, 7) is 0. The van der Waals surface area contributed by atoms with Gasteiger partial charge in [0.15, 0.2) is 93.1 Å². The average Bonchev–Trinajstić information content (AvgIpc) is 4.48. The van der Waals surface area contributed by atoms with Gasteiger partial charge >= 0.3 is 0 Å². The molecule has 5 aliphatic rings. The van der Waals surface area contributed by atoms with Gasteiger partial charge in [-0.3, -0.25) is 0 Å². The summed E-state index contributed by atoms with van der Waals surface area (Å²) in [5.41, 5.74) is -16.4. The highest BCUT2D eigenvalue weighted by molar-refractivity contribution is 6.32. The highest BCUT2D eigenvalue weighted by Crippen LogP contribution is 2.53. The van der Waals surface area contributed by atoms with Crippen LogP contribution in [-0.4, -0.2) is 21.4 Å². The second kappa shape index (κ2) is 17.7. The van der Waals surface area contributed by atoms with Gasteiger partial charge in [-0.05, 0) is 53.6 Å². The molecule has 0 amide bonds. The smallest absolute Gasteiger partial charge is 0.200 e. The van der Waals surface area contributed by atoms with Crippen LogP contribution in [0.1, 0.15) is 51.2 Å². The summed E-state index contributed by atoms with van der Waals surface area (Å²) in [6, 6.07) is 6.89. The number of halogens is 20. The number of fused-ring (bicyclic) bond motifs is 9. The minimum atomic E-state index is -2.72. The van der Waals surface area contributed by atoms with Crippen molar-refractivity contribution in [2.24, 2.45) is 9.98 Å². The van der Waals surface area contributed by atoms with Crippen molar-refractivity contribution in [2.75, 3.05) is 0 Å². The summed E-state index contributed by atoms with van der Waals surface area (Å²) in [5.74, 6) is -52.9. The minimum absolute atomic E-state index is 0.0256. The second-order valence-corrected chi connectivity index (χ2v) is 17.8. The lowest BCUT2D eigenvalue weighted by Crippen LogP contribution is -2.24. The van der Waals surface area contributed by atoms with E-state index in [4.69, 9.17) is 0 Å². The van der Waals surface area contributed by atoms with Crippen molar-refractivity contribution in [1.29, 1.82) is 0 Å². The zero-order valence-corrected chi connectivity index (χ0v) is 38.0. The Labute approximate surface area is 425 Å². The van der Waals surface area contributed by atoms with Crippen LogP contribution in [0.3, 0.4) is 0 Å². The van der Waals surface area contributed by atoms with Crippen LogP contribution in [-0.2, 0) is 0 Å². The van der Waals surface area contributed by atoms with Crippen LogP contribution in [0.25, 0.3) is 33.4 Å². The van der Waals surface area contributed by atoms with Crippen LogP contribution in [0.15, 0.2) is 99.9 Å². The predicted molar refractivity (Wildman–Crippen MR) is 239 cm³/mol. The lowest BCUT2D eigenvalue weighted by molar-refractivity contribution is 0.376. The number of allylic oxidation sites excluding steroid dienone is 5. The van der Waals surface area contributed by atoms with Crippen molar-refractivity contribution >= 4 is 33.7 Å². The zero-order chi connectivity index (χ0) is 56.3. The quantitative estimate of drug-likeness (QED) is 0.0918. The molecule has 0 saturated carbocycles. The van der Waals surface area contributed by atoms with Crippen LogP contribution in [0, 0.1) is 116 Å². The maximum Gasteiger partial charge on any atom is 0.200 e. The number of hydrogen-bond donors (Lipinski definition) is 3. The van der Waals surface area contributed by atoms with Gasteiger partial charge in [0, 0.05) is 61.6 Å². The molecule has 12 rings (SSSR count). The van der Waals surface area contributed by atoms with Crippen molar-refractivity contribution in [3.05, 3.63) is 256 Å². The molecule has 1 aliphatic carbocycles. The lowest BCUT2D eigenvalue weighted by atomic mass is 9.79. The number of hydrogen-bond acceptors (Lipinski definition) is 3. The Morgan fingerprint density at radius 1 is 0.354 bits per heavy atom. The molecule has 4 aliphatic heterocycles. The molecule has 0 spiro atoms. The van der Waals surface area contributed by atoms with Crippen molar-refractivity contribution in [3.63, 3.8) is 0 Å². The molecule has 0 saturated heterocycles. The standard InChI is InChI=1S/C54H17F20N5/c55-33-29(34(56)42(64)49(71)41(33)63)25-17-5-6-18(75-17)26(30-35(57)43(65)50(72)44(66)36(30)58)20-8-10-22(77-20)28(32-39(61)47(69)52(74)48(70)40(32)62)24-12-16-14-4-2-1-3-13(14)15-11-23(78-53(15)54(16)79-24)27(21-9-7-19(25)76-21)31-37(59)45(67)51(73)46(68)38(31)60/h1-12,15,53,75,78-79H/b25-17+,26-18+,27-21+,28-22+. The molecule has 10 bridgehead atoms. The summed E-state index contributed by atoms with van der Waals surface area (Å²) >= 11 is 0. The Balaban J connectivity index is 1.30. The van der Waals surface area contributed by atoms with Gasteiger partial charge in [0.1, 0.15) is 0 Å². The molecule has 7 aromatic rings. The summed E-state index contributed by atoms with van der Waals surface area (Å²) in [6.07, 6.45) is 4.06. The van der Waals surface area contributed by atoms with E-state index in [9.17, 15) is 17.6 Å². The van der Waals surface area contributed by atoms with Crippen LogP contribution >= 0.6 is 0 Å². The van der Waals surface area contributed by atoms with E-state index in [1.54, 1.807) is 0 Å². The minimum Gasteiger partial charge on any atom is -0.375 e. The van der Waals surface area contributed by atoms with Crippen LogP contribution < -0.4 is 16.0 Å². The summed E-state index contributed by atoms with van der Waals surface area (Å²) < 4.78 is 311. The summed E-state index contributed by atoms with van der Waals surface area (Å²) in [7, 11) is 0. The maximum absolute atomic E-state index is 16.3. The van der Waals surface area contributed by atoms with Crippen molar-refractivity contribution in [1.82, 2.24) is 15.3 Å². The molecular formula is C54H17F20N5. The number of benzene rings is 5. The molecule has 3 N–H and O–H groups in total. The van der Waals surface area contributed by atoms with E-state index in [0.29, 0.717) is 24.3 Å². The second-order valence-electron chi connectivity index (χ2n) is 17.8. The van der Waals surface area contributed by atoms with Gasteiger partial charge in [-0.25, -0.2) is 97.8 Å². The van der Waals surface area contributed by atoms with E-state index in [-0.39, 0.29) is 22.4 Å². The number of H-pyrrole nitrogens is 2. The van der Waals surface area contributed by atoms with Crippen LogP contribution in [0.4, 0.5) is 87.8 Å². The summed E-state index contributed by atoms with van der Waals surface area (Å²) in [5, 5.41) is 0.969. The third-order valence-corrected chi connectivity index (χ3v) is 13.7. The van der Waals surface area contributed by atoms with Gasteiger partial charge in [-0.1, -0.05) is 30.3 Å². The topological polar surface area (TPSA) is 68.3 Å². The Kier molecular flexibility index (Phi) is 11.3. The first kappa shape index (κ1) is 50.6. The number of nitrogens with one attached hydrogen (secondary N) is 3. The predicted octanol–water partition coefficient (Wildman–Crippen LogP) is 12.7. The first-order chi connectivity index (χ1) is 37.5. The molecule has 2 aromatic heterocycles. The Bertz CT molecular complexity index is 4300.